The van der Waals surface area contributed by atoms with Gasteiger partial charge >= 0.3 is 5.97 Å². The molecule has 0 spiro atoms. The zero-order chi connectivity index (χ0) is 42.5. The molecule has 14 nitrogen and oxygen atoms in total. The number of halogens is 1. The molecule has 0 radical (unpaired) electrons. The van der Waals surface area contributed by atoms with E-state index in [2.05, 4.69) is 36.8 Å². The van der Waals surface area contributed by atoms with E-state index in [0.29, 0.717) is 62.0 Å². The third-order valence-electron chi connectivity index (χ3n) is 10.0. The highest BCUT2D eigenvalue weighted by molar-refractivity contribution is 6.32. The van der Waals surface area contributed by atoms with Crippen LogP contribution in [0.3, 0.4) is 0 Å². The van der Waals surface area contributed by atoms with Crippen LogP contribution in [-0.2, 0) is 16.6 Å². The Hall–Kier alpha value is -7.63. The van der Waals surface area contributed by atoms with Crippen molar-refractivity contribution in [2.24, 2.45) is 13.0 Å². The molecular formula is C46H39ClN10O4. The second-order valence-corrected chi connectivity index (χ2v) is 14.9. The van der Waals surface area contributed by atoms with Crippen molar-refractivity contribution in [1.29, 1.82) is 5.26 Å². The van der Waals surface area contributed by atoms with Crippen LogP contribution >= 0.6 is 11.6 Å². The average Bonchev–Trinajstić information content (AvgIpc) is 3.70. The maximum atomic E-state index is 12.5. The van der Waals surface area contributed by atoms with Crippen LogP contribution in [0.4, 0.5) is 11.8 Å². The standard InChI is InChI=1S/C46H39ClN10O4/c1-27(2)24-38(58)60-26-61-45-33(17-14-28-9-6-20-49-41(28)45)43(36-19-23-52-57(36)3)55-37-12-5-11-34(53-37)35-18-15-29-13-16-32(44(59)40(29)54-35)42(56-46-50-21-7-22-51-46)31-10-4-8-30(25-48)39(31)47/h4-23,27,42-43,59H,24,26H2,1-3H3,(H,53,55)(H,50,51,56). The second-order valence-electron chi connectivity index (χ2n) is 14.5. The van der Waals surface area contributed by atoms with Crippen LogP contribution in [0.2, 0.25) is 5.02 Å². The lowest BCUT2D eigenvalue weighted by molar-refractivity contribution is -0.151. The van der Waals surface area contributed by atoms with Gasteiger partial charge in [-0.25, -0.2) is 19.9 Å². The zero-order valence-corrected chi connectivity index (χ0v) is 34.1. The normalized spacial score (nSPS) is 12.2. The van der Waals surface area contributed by atoms with Gasteiger partial charge in [0.05, 0.1) is 39.8 Å². The molecule has 5 aromatic heterocycles. The minimum absolute atomic E-state index is 0.0934. The number of anilines is 2. The summed E-state index contributed by atoms with van der Waals surface area (Å²) in [7, 11) is 1.85. The number of nitriles is 1. The zero-order valence-electron chi connectivity index (χ0n) is 33.3. The molecule has 0 saturated carbocycles. The Morgan fingerprint density at radius 3 is 2.30 bits per heavy atom. The van der Waals surface area contributed by atoms with E-state index in [-0.39, 0.29) is 41.4 Å². The van der Waals surface area contributed by atoms with Gasteiger partial charge in [-0.2, -0.15) is 10.4 Å². The number of hydrogen-bond donors (Lipinski definition) is 3. The molecule has 8 aromatic rings. The van der Waals surface area contributed by atoms with Crippen LogP contribution in [0.25, 0.3) is 33.2 Å². The lowest BCUT2D eigenvalue weighted by Crippen LogP contribution is -2.19. The lowest BCUT2D eigenvalue weighted by Gasteiger charge is -2.24. The summed E-state index contributed by atoms with van der Waals surface area (Å²) >= 11 is 6.76. The number of fused-ring (bicyclic) bond motifs is 2. The van der Waals surface area contributed by atoms with Crippen LogP contribution < -0.4 is 15.4 Å². The number of phenolic OH excluding ortho intramolecular Hbond substituents is 1. The summed E-state index contributed by atoms with van der Waals surface area (Å²) in [6, 6.07) is 30.2. The maximum absolute atomic E-state index is 12.5. The Morgan fingerprint density at radius 2 is 1.52 bits per heavy atom. The van der Waals surface area contributed by atoms with Gasteiger partial charge in [0, 0.05) is 60.2 Å². The van der Waals surface area contributed by atoms with Crippen molar-refractivity contribution in [3.8, 4) is 29.0 Å². The Balaban J connectivity index is 1.16. The first-order chi connectivity index (χ1) is 29.7. The van der Waals surface area contributed by atoms with Gasteiger partial charge in [0.15, 0.2) is 5.75 Å². The number of benzene rings is 3. The van der Waals surface area contributed by atoms with Crippen molar-refractivity contribution in [2.45, 2.75) is 32.4 Å². The smallest absolute Gasteiger partial charge is 0.308 e. The van der Waals surface area contributed by atoms with Gasteiger partial charge in [-0.05, 0) is 53.9 Å². The number of pyridine rings is 3. The van der Waals surface area contributed by atoms with Crippen LogP contribution in [0, 0.1) is 17.2 Å². The van der Waals surface area contributed by atoms with Crippen LogP contribution in [0.15, 0.2) is 122 Å². The van der Waals surface area contributed by atoms with E-state index in [1.807, 2.05) is 87.6 Å². The predicted octanol–water partition coefficient (Wildman–Crippen LogP) is 8.93. The molecule has 0 aliphatic carbocycles. The fourth-order valence-electron chi connectivity index (χ4n) is 7.09. The molecule has 15 heteroatoms. The Kier molecular flexibility index (Phi) is 11.7. The number of phenols is 1. The van der Waals surface area contributed by atoms with E-state index < -0.39 is 12.1 Å². The van der Waals surface area contributed by atoms with Crippen molar-refractivity contribution < 1.29 is 19.4 Å². The first-order valence-electron chi connectivity index (χ1n) is 19.4. The van der Waals surface area contributed by atoms with Gasteiger partial charge in [0.25, 0.3) is 0 Å². The summed E-state index contributed by atoms with van der Waals surface area (Å²) in [5, 5.41) is 34.8. The number of esters is 1. The molecule has 2 atom stereocenters. The van der Waals surface area contributed by atoms with Gasteiger partial charge in [-0.1, -0.05) is 80.0 Å². The first kappa shape index (κ1) is 40.2. The van der Waals surface area contributed by atoms with E-state index in [1.165, 1.54) is 0 Å². The van der Waals surface area contributed by atoms with Gasteiger partial charge in [-0.3, -0.25) is 14.5 Å². The quantitative estimate of drug-likeness (QED) is 0.0697. The number of hydrogen-bond acceptors (Lipinski definition) is 13. The molecule has 2 unspecified atom stereocenters. The number of carbonyl (C=O) groups excluding carboxylic acids is 1. The highest BCUT2D eigenvalue weighted by atomic mass is 35.5. The van der Waals surface area contributed by atoms with Crippen LogP contribution in [-0.4, -0.2) is 52.6 Å². The third kappa shape index (κ3) is 8.59. The average molecular weight is 831 g/mol. The summed E-state index contributed by atoms with van der Waals surface area (Å²) < 4.78 is 13.5. The van der Waals surface area contributed by atoms with Gasteiger partial charge < -0.3 is 25.2 Å². The highest BCUT2D eigenvalue weighted by Gasteiger charge is 2.27. The van der Waals surface area contributed by atoms with Crippen molar-refractivity contribution >= 4 is 51.1 Å². The lowest BCUT2D eigenvalue weighted by atomic mass is 9.95. The molecule has 0 aliphatic rings. The molecule has 61 heavy (non-hydrogen) atoms. The number of nitrogens with zero attached hydrogens (tertiary/aromatic N) is 8. The monoisotopic (exact) mass is 830 g/mol. The maximum Gasteiger partial charge on any atom is 0.308 e. The summed E-state index contributed by atoms with van der Waals surface area (Å²) in [6.45, 7) is 3.61. The number of carbonyl (C=O) groups is 1. The van der Waals surface area contributed by atoms with Crippen molar-refractivity contribution in [1.82, 2.24) is 34.7 Å². The molecule has 5 heterocycles. The largest absolute Gasteiger partial charge is 0.505 e. The SMILES string of the molecule is CC(C)CC(=O)OCOc1c(C(Nc2cccc(-c3ccc4ccc(C(Nc5ncccn5)c5cccc(C#N)c5Cl)c(O)c4n3)n2)c2ccnn2C)ccc2cccnc12. The second kappa shape index (κ2) is 17.7. The molecule has 304 valence electrons. The summed E-state index contributed by atoms with van der Waals surface area (Å²) in [6.07, 6.45) is 6.87. The third-order valence-corrected chi connectivity index (χ3v) is 10.4. The Bertz CT molecular complexity index is 2920. The highest BCUT2D eigenvalue weighted by Crippen LogP contribution is 2.41. The molecule has 0 saturated heterocycles. The molecule has 3 N–H and O–H groups in total. The van der Waals surface area contributed by atoms with E-state index in [1.54, 1.807) is 59.8 Å². The number of aromatic nitrogens is 7. The number of aromatic hydroxyl groups is 1. The van der Waals surface area contributed by atoms with Crippen LogP contribution in [0.1, 0.15) is 60.3 Å². The predicted molar refractivity (Wildman–Crippen MR) is 232 cm³/mol. The van der Waals surface area contributed by atoms with E-state index in [4.69, 9.17) is 31.0 Å². The Labute approximate surface area is 355 Å². The minimum atomic E-state index is -0.751. The molecular weight excluding hydrogens is 792 g/mol. The van der Waals surface area contributed by atoms with E-state index >= 15 is 0 Å². The number of rotatable bonds is 14. The van der Waals surface area contributed by atoms with Crippen molar-refractivity contribution in [3.05, 3.63) is 155 Å². The fraction of sp³-hybridized carbons (Fsp3) is 0.174. The van der Waals surface area contributed by atoms with E-state index in [0.717, 1.165) is 11.1 Å². The van der Waals surface area contributed by atoms with Gasteiger partial charge in [-0.15, -0.1) is 0 Å². The molecule has 0 aliphatic heterocycles. The van der Waals surface area contributed by atoms with E-state index in [9.17, 15) is 15.2 Å². The van der Waals surface area contributed by atoms with Gasteiger partial charge in [0.1, 0.15) is 28.7 Å². The van der Waals surface area contributed by atoms with Crippen LogP contribution in [0.5, 0.6) is 11.5 Å². The van der Waals surface area contributed by atoms with Crippen molar-refractivity contribution in [3.63, 3.8) is 0 Å². The Morgan fingerprint density at radius 1 is 0.787 bits per heavy atom. The van der Waals surface area contributed by atoms with Gasteiger partial charge in [0.2, 0.25) is 12.7 Å². The summed E-state index contributed by atoms with van der Waals surface area (Å²) in [4.78, 5) is 35.7. The molecule has 0 fully saturated rings. The molecule has 0 amide bonds. The number of aryl methyl sites for hydroxylation is 1. The topological polar surface area (TPSA) is 186 Å². The number of ether oxygens (including phenoxy) is 2. The molecule has 0 bridgehead atoms. The summed E-state index contributed by atoms with van der Waals surface area (Å²) in [5.41, 5.74) is 4.76. The molecule has 3 aromatic carbocycles. The number of nitrogens with one attached hydrogen (secondary N) is 2. The fourth-order valence-corrected chi connectivity index (χ4v) is 7.37. The first-order valence-corrected chi connectivity index (χ1v) is 19.8. The van der Waals surface area contributed by atoms with Crippen molar-refractivity contribution in [2.75, 3.05) is 17.4 Å². The molecule has 8 rings (SSSR count). The summed E-state index contributed by atoms with van der Waals surface area (Å²) in [5.74, 6) is 0.948. The minimum Gasteiger partial charge on any atom is -0.505 e.